The summed E-state index contributed by atoms with van der Waals surface area (Å²) in [5.41, 5.74) is -0.0708. The van der Waals surface area contributed by atoms with Crippen LogP contribution in [0.4, 0.5) is 0 Å². The van der Waals surface area contributed by atoms with Crippen molar-refractivity contribution in [3.63, 3.8) is 0 Å². The van der Waals surface area contributed by atoms with Crippen LogP contribution in [0.1, 0.15) is 26.6 Å². The Balaban J connectivity index is 1.88. The zero-order valence-electron chi connectivity index (χ0n) is 12.9. The Morgan fingerprint density at radius 2 is 2.00 bits per heavy atom. The van der Waals surface area contributed by atoms with Gasteiger partial charge in [0.15, 0.2) is 11.0 Å². The monoisotopic (exact) mass is 331 g/mol. The number of hydrogen-bond donors (Lipinski definition) is 0. The van der Waals surface area contributed by atoms with Gasteiger partial charge in [-0.2, -0.15) is 0 Å². The minimum Gasteiger partial charge on any atom is -0.304 e. The average Bonchev–Trinajstić information content (AvgIpc) is 3.09. The van der Waals surface area contributed by atoms with Gasteiger partial charge in [-0.15, -0.1) is 21.5 Å². The molecule has 114 valence electrons. The van der Waals surface area contributed by atoms with E-state index in [0.29, 0.717) is 0 Å². The molecule has 0 saturated heterocycles. The van der Waals surface area contributed by atoms with Crippen molar-refractivity contribution in [1.29, 1.82) is 0 Å². The molecule has 0 spiro atoms. The van der Waals surface area contributed by atoms with E-state index in [1.54, 1.807) is 17.5 Å². The molecule has 0 bridgehead atoms. The summed E-state index contributed by atoms with van der Waals surface area (Å²) >= 11 is 3.16. The van der Waals surface area contributed by atoms with Gasteiger partial charge in [-0.1, -0.05) is 26.8 Å². The molecule has 0 unspecified atom stereocenters. The van der Waals surface area contributed by atoms with Crippen LogP contribution in [0.15, 0.2) is 40.0 Å². The first-order chi connectivity index (χ1) is 10.4. The van der Waals surface area contributed by atoms with E-state index in [1.165, 1.54) is 11.8 Å². The predicted octanol–water partition coefficient (Wildman–Crippen LogP) is 3.78. The van der Waals surface area contributed by atoms with E-state index >= 15 is 0 Å². The van der Waals surface area contributed by atoms with Crippen LogP contribution in [0.2, 0.25) is 0 Å². The lowest BCUT2D eigenvalue weighted by Crippen LogP contribution is -2.15. The summed E-state index contributed by atoms with van der Waals surface area (Å²) in [6, 6.07) is 5.96. The Morgan fingerprint density at radius 3 is 2.68 bits per heavy atom. The fraction of sp³-hybridized carbons (Fsp3) is 0.333. The highest BCUT2D eigenvalue weighted by Gasteiger charge is 2.19. The molecule has 0 fully saturated rings. The van der Waals surface area contributed by atoms with E-state index < -0.39 is 0 Å². The second-order valence-corrected chi connectivity index (χ2v) is 7.85. The first kappa shape index (κ1) is 15.2. The Morgan fingerprint density at radius 1 is 1.18 bits per heavy atom. The van der Waals surface area contributed by atoms with Crippen LogP contribution in [0, 0.1) is 0 Å². The van der Waals surface area contributed by atoms with Gasteiger partial charge in [-0.25, -0.2) is 9.97 Å². The van der Waals surface area contributed by atoms with E-state index in [0.717, 1.165) is 26.7 Å². The van der Waals surface area contributed by atoms with E-state index in [1.807, 2.05) is 35.2 Å². The van der Waals surface area contributed by atoms with Gasteiger partial charge in [0.25, 0.3) is 0 Å². The molecule has 0 aromatic carbocycles. The molecular formula is C15H17N5S2. The molecule has 5 nitrogen and oxygen atoms in total. The summed E-state index contributed by atoms with van der Waals surface area (Å²) in [7, 11) is 1.98. The molecule has 3 aromatic rings. The SMILES string of the molecule is Cn1c(Sc2ccnc(C(C)(C)C)n2)nnc1-c1cccs1. The van der Waals surface area contributed by atoms with Crippen LogP contribution < -0.4 is 0 Å². The zero-order valence-corrected chi connectivity index (χ0v) is 14.6. The summed E-state index contributed by atoms with van der Waals surface area (Å²) in [6.07, 6.45) is 1.80. The van der Waals surface area contributed by atoms with Crippen LogP contribution in [-0.2, 0) is 12.5 Å². The normalized spacial score (nSPS) is 11.8. The average molecular weight is 331 g/mol. The number of aromatic nitrogens is 5. The molecule has 0 aliphatic heterocycles. The number of rotatable bonds is 3. The van der Waals surface area contributed by atoms with E-state index in [4.69, 9.17) is 0 Å². The van der Waals surface area contributed by atoms with Crippen molar-refractivity contribution in [2.24, 2.45) is 7.05 Å². The lowest BCUT2D eigenvalue weighted by molar-refractivity contribution is 0.538. The molecule has 7 heteroatoms. The summed E-state index contributed by atoms with van der Waals surface area (Å²) in [5, 5.41) is 12.3. The highest BCUT2D eigenvalue weighted by molar-refractivity contribution is 7.99. The molecule has 0 saturated carbocycles. The largest absolute Gasteiger partial charge is 0.304 e. The van der Waals surface area contributed by atoms with Crippen LogP contribution in [0.5, 0.6) is 0 Å². The van der Waals surface area contributed by atoms with Crippen molar-refractivity contribution in [2.45, 2.75) is 36.4 Å². The van der Waals surface area contributed by atoms with Gasteiger partial charge >= 0.3 is 0 Å². The molecule has 0 amide bonds. The minimum atomic E-state index is -0.0708. The van der Waals surface area contributed by atoms with Gasteiger partial charge in [0, 0.05) is 18.7 Å². The molecule has 3 heterocycles. The first-order valence-corrected chi connectivity index (χ1v) is 8.59. The van der Waals surface area contributed by atoms with E-state index in [-0.39, 0.29) is 5.41 Å². The summed E-state index contributed by atoms with van der Waals surface area (Å²) in [4.78, 5) is 10.1. The topological polar surface area (TPSA) is 56.5 Å². The molecule has 0 aliphatic carbocycles. The summed E-state index contributed by atoms with van der Waals surface area (Å²) in [6.45, 7) is 6.32. The van der Waals surface area contributed by atoms with Crippen molar-refractivity contribution in [3.05, 3.63) is 35.6 Å². The minimum absolute atomic E-state index is 0.0708. The van der Waals surface area contributed by atoms with Crippen molar-refractivity contribution in [1.82, 2.24) is 24.7 Å². The number of nitrogens with zero attached hydrogens (tertiary/aromatic N) is 5. The van der Waals surface area contributed by atoms with Crippen molar-refractivity contribution in [2.75, 3.05) is 0 Å². The highest BCUT2D eigenvalue weighted by atomic mass is 32.2. The van der Waals surface area contributed by atoms with Crippen molar-refractivity contribution >= 4 is 23.1 Å². The van der Waals surface area contributed by atoms with Gasteiger partial charge in [0.05, 0.1) is 4.88 Å². The van der Waals surface area contributed by atoms with Crippen LogP contribution in [0.3, 0.4) is 0 Å². The maximum absolute atomic E-state index is 4.63. The lowest BCUT2D eigenvalue weighted by atomic mass is 9.96. The third-order valence-corrected chi connectivity index (χ3v) is 4.91. The zero-order chi connectivity index (χ0) is 15.7. The van der Waals surface area contributed by atoms with Gasteiger partial charge in [0.2, 0.25) is 0 Å². The van der Waals surface area contributed by atoms with Gasteiger partial charge in [-0.05, 0) is 29.3 Å². The van der Waals surface area contributed by atoms with Gasteiger partial charge in [-0.3, -0.25) is 0 Å². The second kappa shape index (κ2) is 5.81. The quantitative estimate of drug-likeness (QED) is 0.684. The van der Waals surface area contributed by atoms with E-state index in [9.17, 15) is 0 Å². The summed E-state index contributed by atoms with van der Waals surface area (Å²) < 4.78 is 2.00. The summed E-state index contributed by atoms with van der Waals surface area (Å²) in [5.74, 6) is 1.71. The number of thiophene rings is 1. The van der Waals surface area contributed by atoms with Crippen molar-refractivity contribution < 1.29 is 0 Å². The molecule has 0 N–H and O–H groups in total. The van der Waals surface area contributed by atoms with Gasteiger partial charge in [0.1, 0.15) is 10.9 Å². The molecular weight excluding hydrogens is 314 g/mol. The predicted molar refractivity (Wildman–Crippen MR) is 89.2 cm³/mol. The van der Waals surface area contributed by atoms with E-state index in [2.05, 4.69) is 40.9 Å². The molecule has 0 radical (unpaired) electrons. The third kappa shape index (κ3) is 3.05. The molecule has 0 atom stereocenters. The highest BCUT2D eigenvalue weighted by Crippen LogP contribution is 2.30. The Hall–Kier alpha value is -1.73. The second-order valence-electron chi connectivity index (χ2n) is 5.91. The van der Waals surface area contributed by atoms with Crippen LogP contribution in [-0.4, -0.2) is 24.7 Å². The number of hydrogen-bond acceptors (Lipinski definition) is 6. The lowest BCUT2D eigenvalue weighted by Gasteiger charge is -2.16. The van der Waals surface area contributed by atoms with Gasteiger partial charge < -0.3 is 4.57 Å². The van der Waals surface area contributed by atoms with Crippen molar-refractivity contribution in [3.8, 4) is 10.7 Å². The van der Waals surface area contributed by atoms with Crippen LogP contribution in [0.25, 0.3) is 10.7 Å². The standard InChI is InChI=1S/C15H17N5S2/c1-15(2,3)13-16-8-7-11(17-13)22-14-19-18-12(20(14)4)10-6-5-9-21-10/h5-9H,1-4H3. The maximum Gasteiger partial charge on any atom is 0.197 e. The first-order valence-electron chi connectivity index (χ1n) is 6.90. The smallest absolute Gasteiger partial charge is 0.197 e. The molecule has 22 heavy (non-hydrogen) atoms. The molecule has 0 aliphatic rings. The Kier molecular flexibility index (Phi) is 4.01. The van der Waals surface area contributed by atoms with Crippen LogP contribution >= 0.6 is 23.1 Å². The fourth-order valence-electron chi connectivity index (χ4n) is 1.88. The Labute approximate surface area is 137 Å². The Bertz CT molecular complexity index is 772. The molecule has 3 aromatic heterocycles. The third-order valence-electron chi connectivity index (χ3n) is 3.07. The maximum atomic E-state index is 4.63. The fourth-order valence-corrected chi connectivity index (χ4v) is 3.38. The molecule has 3 rings (SSSR count).